The van der Waals surface area contributed by atoms with Crippen LogP contribution in [0.1, 0.15) is 18.6 Å². The molecule has 1 nitrogen and oxygen atoms in total. The molecule has 0 aliphatic rings. The lowest BCUT2D eigenvalue weighted by Crippen LogP contribution is -1.97. The van der Waals surface area contributed by atoms with Gasteiger partial charge in [-0.2, -0.15) is 0 Å². The Kier molecular flexibility index (Phi) is 3.09. The van der Waals surface area contributed by atoms with E-state index in [1.807, 2.05) is 0 Å². The van der Waals surface area contributed by atoms with Gasteiger partial charge in [-0.15, -0.1) is 0 Å². The summed E-state index contributed by atoms with van der Waals surface area (Å²) in [6.45, 7) is 1.50. The zero-order valence-electron chi connectivity index (χ0n) is 6.31. The lowest BCUT2D eigenvalue weighted by Gasteiger charge is -2.08. The van der Waals surface area contributed by atoms with E-state index < -0.39 is 11.9 Å². The molecule has 0 aromatic heterocycles. The number of aliphatic hydroxyl groups is 1. The molecular weight excluding hydrogens is 246 g/mol. The molecule has 0 saturated carbocycles. The summed E-state index contributed by atoms with van der Waals surface area (Å²) in [6.07, 6.45) is -0.836. The van der Waals surface area contributed by atoms with Crippen molar-refractivity contribution >= 4 is 27.5 Å². The van der Waals surface area contributed by atoms with E-state index in [4.69, 9.17) is 16.7 Å². The summed E-state index contributed by atoms with van der Waals surface area (Å²) >= 11 is 8.69. The standard InChI is InChI=1S/C8H7BrClFO/c1-4(12)8-6(9)2-5(10)3-7(8)11/h2-4,12H,1H3. The number of rotatable bonds is 1. The Morgan fingerprint density at radius 3 is 2.58 bits per heavy atom. The van der Waals surface area contributed by atoms with Gasteiger partial charge in [0, 0.05) is 15.1 Å². The number of hydrogen-bond acceptors (Lipinski definition) is 1. The van der Waals surface area contributed by atoms with Crippen LogP contribution in [0.4, 0.5) is 4.39 Å². The number of aliphatic hydroxyl groups excluding tert-OH is 1. The maximum Gasteiger partial charge on any atom is 0.131 e. The topological polar surface area (TPSA) is 20.2 Å². The molecule has 1 aromatic rings. The summed E-state index contributed by atoms with van der Waals surface area (Å²) in [7, 11) is 0. The quantitative estimate of drug-likeness (QED) is 0.814. The molecule has 0 fully saturated rings. The molecule has 0 heterocycles. The Hall–Kier alpha value is -0.120. The fraction of sp³-hybridized carbons (Fsp3) is 0.250. The van der Waals surface area contributed by atoms with Gasteiger partial charge in [-0.05, 0) is 19.1 Å². The zero-order chi connectivity index (χ0) is 9.30. The maximum absolute atomic E-state index is 13.1. The predicted molar refractivity (Wildman–Crippen MR) is 49.7 cm³/mol. The molecule has 0 saturated heterocycles. The molecule has 1 aromatic carbocycles. The van der Waals surface area contributed by atoms with Crippen molar-refractivity contribution in [2.45, 2.75) is 13.0 Å². The Labute approximate surface area is 83.3 Å². The van der Waals surface area contributed by atoms with Crippen LogP contribution < -0.4 is 0 Å². The molecule has 0 bridgehead atoms. The van der Waals surface area contributed by atoms with Crippen molar-refractivity contribution in [3.05, 3.63) is 33.0 Å². The van der Waals surface area contributed by atoms with Crippen LogP contribution in [0.2, 0.25) is 5.02 Å². The summed E-state index contributed by atoms with van der Waals surface area (Å²) in [4.78, 5) is 0. The molecule has 0 radical (unpaired) electrons. The van der Waals surface area contributed by atoms with E-state index in [1.54, 1.807) is 6.07 Å². The van der Waals surface area contributed by atoms with Gasteiger partial charge in [0.25, 0.3) is 0 Å². The molecule has 66 valence electrons. The van der Waals surface area contributed by atoms with Crippen LogP contribution in [-0.4, -0.2) is 5.11 Å². The van der Waals surface area contributed by atoms with Crippen LogP contribution in [0.25, 0.3) is 0 Å². The summed E-state index contributed by atoms with van der Waals surface area (Å²) < 4.78 is 13.6. The van der Waals surface area contributed by atoms with Crippen molar-refractivity contribution < 1.29 is 9.50 Å². The SMILES string of the molecule is CC(O)c1c(F)cc(Cl)cc1Br. The smallest absolute Gasteiger partial charge is 0.131 e. The molecule has 0 spiro atoms. The molecule has 0 amide bonds. The van der Waals surface area contributed by atoms with E-state index in [0.717, 1.165) is 0 Å². The fourth-order valence-electron chi connectivity index (χ4n) is 0.952. The number of benzene rings is 1. The van der Waals surface area contributed by atoms with Crippen molar-refractivity contribution in [3.63, 3.8) is 0 Å². The third-order valence-electron chi connectivity index (χ3n) is 1.46. The minimum Gasteiger partial charge on any atom is -0.389 e. The third-order valence-corrected chi connectivity index (χ3v) is 2.34. The van der Waals surface area contributed by atoms with Gasteiger partial charge < -0.3 is 5.11 Å². The first-order valence-corrected chi connectivity index (χ1v) is 4.52. The monoisotopic (exact) mass is 252 g/mol. The number of halogens is 3. The maximum atomic E-state index is 13.1. The molecule has 1 unspecified atom stereocenters. The molecule has 1 rings (SSSR count). The van der Waals surface area contributed by atoms with Crippen molar-refractivity contribution in [1.29, 1.82) is 0 Å². The normalized spacial score (nSPS) is 13.1. The van der Waals surface area contributed by atoms with Crippen LogP contribution in [0.15, 0.2) is 16.6 Å². The Balaban J connectivity index is 3.28. The molecular formula is C8H7BrClFO. The Morgan fingerprint density at radius 2 is 2.17 bits per heavy atom. The second-order valence-electron chi connectivity index (χ2n) is 2.46. The molecule has 4 heteroatoms. The molecule has 1 N–H and O–H groups in total. The van der Waals surface area contributed by atoms with Crippen LogP contribution in [0, 0.1) is 5.82 Å². The molecule has 0 aliphatic carbocycles. The van der Waals surface area contributed by atoms with Gasteiger partial charge in [0.05, 0.1) is 6.10 Å². The highest BCUT2D eigenvalue weighted by Gasteiger charge is 2.12. The zero-order valence-corrected chi connectivity index (χ0v) is 8.66. The predicted octanol–water partition coefficient (Wildman–Crippen LogP) is 3.29. The van der Waals surface area contributed by atoms with Gasteiger partial charge in [-0.1, -0.05) is 27.5 Å². The summed E-state index contributed by atoms with van der Waals surface area (Å²) in [5.74, 6) is -0.496. The van der Waals surface area contributed by atoms with E-state index >= 15 is 0 Å². The lowest BCUT2D eigenvalue weighted by molar-refractivity contribution is 0.193. The third kappa shape index (κ3) is 1.97. The van der Waals surface area contributed by atoms with Gasteiger partial charge in [0.2, 0.25) is 0 Å². The minimum absolute atomic E-state index is 0.236. The van der Waals surface area contributed by atoms with Crippen LogP contribution in [0.5, 0.6) is 0 Å². The minimum atomic E-state index is -0.836. The fourth-order valence-corrected chi connectivity index (χ4v) is 2.06. The van der Waals surface area contributed by atoms with Gasteiger partial charge in [-0.25, -0.2) is 4.39 Å². The highest BCUT2D eigenvalue weighted by Crippen LogP contribution is 2.29. The number of hydrogen-bond donors (Lipinski definition) is 1. The van der Waals surface area contributed by atoms with Gasteiger partial charge in [-0.3, -0.25) is 0 Å². The van der Waals surface area contributed by atoms with E-state index in [0.29, 0.717) is 9.50 Å². The van der Waals surface area contributed by atoms with Crippen LogP contribution in [-0.2, 0) is 0 Å². The van der Waals surface area contributed by atoms with Crippen LogP contribution in [0.3, 0.4) is 0 Å². The van der Waals surface area contributed by atoms with Crippen molar-refractivity contribution in [2.24, 2.45) is 0 Å². The summed E-state index contributed by atoms with van der Waals surface area (Å²) in [5, 5.41) is 9.47. The Morgan fingerprint density at radius 1 is 1.58 bits per heavy atom. The first-order chi connectivity index (χ1) is 5.52. The van der Waals surface area contributed by atoms with E-state index in [9.17, 15) is 4.39 Å². The molecule has 12 heavy (non-hydrogen) atoms. The second-order valence-corrected chi connectivity index (χ2v) is 3.75. The first-order valence-electron chi connectivity index (χ1n) is 3.35. The van der Waals surface area contributed by atoms with Gasteiger partial charge >= 0.3 is 0 Å². The van der Waals surface area contributed by atoms with E-state index in [1.165, 1.54) is 13.0 Å². The van der Waals surface area contributed by atoms with Gasteiger partial charge in [0.15, 0.2) is 0 Å². The van der Waals surface area contributed by atoms with Crippen molar-refractivity contribution in [3.8, 4) is 0 Å². The first kappa shape index (κ1) is 9.96. The highest BCUT2D eigenvalue weighted by molar-refractivity contribution is 9.10. The lowest BCUT2D eigenvalue weighted by atomic mass is 10.1. The molecule has 0 aliphatic heterocycles. The van der Waals surface area contributed by atoms with Crippen molar-refractivity contribution in [2.75, 3.05) is 0 Å². The average molecular weight is 253 g/mol. The van der Waals surface area contributed by atoms with E-state index in [-0.39, 0.29) is 5.56 Å². The van der Waals surface area contributed by atoms with Crippen LogP contribution >= 0.6 is 27.5 Å². The summed E-state index contributed by atoms with van der Waals surface area (Å²) in [6, 6.07) is 2.72. The van der Waals surface area contributed by atoms with E-state index in [2.05, 4.69) is 15.9 Å². The Bertz CT molecular complexity index is 278. The average Bonchev–Trinajstić information content (AvgIpc) is 1.82. The highest BCUT2D eigenvalue weighted by atomic mass is 79.9. The molecule has 1 atom stereocenters. The summed E-state index contributed by atoms with van der Waals surface area (Å²) in [5.41, 5.74) is 0.236. The largest absolute Gasteiger partial charge is 0.389 e. The van der Waals surface area contributed by atoms with Crippen molar-refractivity contribution in [1.82, 2.24) is 0 Å². The van der Waals surface area contributed by atoms with Gasteiger partial charge in [0.1, 0.15) is 5.82 Å². The second kappa shape index (κ2) is 3.73.